The van der Waals surface area contributed by atoms with Gasteiger partial charge in [0.15, 0.2) is 11.5 Å². The number of likely N-dealkylation sites (N-methyl/N-ethyl adjacent to an activating group) is 1. The fraction of sp³-hybridized carbons (Fsp3) is 0.556. The summed E-state index contributed by atoms with van der Waals surface area (Å²) in [5, 5.41) is 0. The van der Waals surface area contributed by atoms with Gasteiger partial charge in [-0.2, -0.15) is 11.8 Å². The monoisotopic (exact) mass is 399 g/mol. The molecule has 0 saturated carbocycles. The zero-order valence-corrected chi connectivity index (χ0v) is 16.6. The van der Waals surface area contributed by atoms with Gasteiger partial charge in [0.25, 0.3) is 0 Å². The quantitative estimate of drug-likeness (QED) is 0.355. The third-order valence-corrected chi connectivity index (χ3v) is 4.52. The average molecular weight is 399 g/mol. The molecule has 0 bridgehead atoms. The Balaban J connectivity index is 1.78. The molecule has 0 radical (unpaired) electrons. The van der Waals surface area contributed by atoms with E-state index in [1.807, 2.05) is 38.3 Å². The maximum Gasteiger partial charge on any atom is 0.511 e. The van der Waals surface area contributed by atoms with Crippen LogP contribution in [0, 0.1) is 0 Å². The first kappa shape index (κ1) is 21.0. The SMILES string of the molecule is CCN(C(=O)OCOC(=O)OCCSC)C(C)Cc1ccc2c(c1)OCO2. The van der Waals surface area contributed by atoms with E-state index < -0.39 is 19.0 Å². The molecule has 1 amide bonds. The minimum Gasteiger partial charge on any atom is -0.454 e. The molecule has 2 rings (SSSR count). The van der Waals surface area contributed by atoms with Gasteiger partial charge in [-0.05, 0) is 44.2 Å². The second kappa shape index (κ2) is 10.8. The topological polar surface area (TPSA) is 83.5 Å². The number of benzene rings is 1. The number of hydrogen-bond donors (Lipinski definition) is 0. The number of nitrogens with zero attached hydrogens (tertiary/aromatic N) is 1. The molecule has 27 heavy (non-hydrogen) atoms. The lowest BCUT2D eigenvalue weighted by molar-refractivity contribution is -0.0246. The summed E-state index contributed by atoms with van der Waals surface area (Å²) in [6.45, 7) is 4.23. The second-order valence-corrected chi connectivity index (χ2v) is 6.78. The number of fused-ring (bicyclic) bond motifs is 1. The molecule has 0 aromatic heterocycles. The fourth-order valence-electron chi connectivity index (χ4n) is 2.60. The van der Waals surface area contributed by atoms with Gasteiger partial charge in [0, 0.05) is 18.3 Å². The van der Waals surface area contributed by atoms with Gasteiger partial charge in [0.05, 0.1) is 0 Å². The van der Waals surface area contributed by atoms with Gasteiger partial charge >= 0.3 is 12.2 Å². The van der Waals surface area contributed by atoms with Gasteiger partial charge in [-0.15, -0.1) is 0 Å². The van der Waals surface area contributed by atoms with E-state index in [9.17, 15) is 9.59 Å². The maximum absolute atomic E-state index is 12.3. The lowest BCUT2D eigenvalue weighted by Gasteiger charge is -2.27. The predicted molar refractivity (Wildman–Crippen MR) is 100 cm³/mol. The minimum atomic E-state index is -0.853. The Bertz CT molecular complexity index is 640. The third kappa shape index (κ3) is 6.42. The summed E-state index contributed by atoms with van der Waals surface area (Å²) < 4.78 is 25.2. The molecule has 0 fully saturated rings. The van der Waals surface area contributed by atoms with Crippen molar-refractivity contribution in [1.29, 1.82) is 0 Å². The summed E-state index contributed by atoms with van der Waals surface area (Å²) >= 11 is 1.55. The first-order valence-electron chi connectivity index (χ1n) is 8.65. The van der Waals surface area contributed by atoms with Crippen LogP contribution >= 0.6 is 11.8 Å². The van der Waals surface area contributed by atoms with Crippen LogP contribution in [0.5, 0.6) is 11.5 Å². The molecule has 1 unspecified atom stereocenters. The Morgan fingerprint density at radius 1 is 1.22 bits per heavy atom. The van der Waals surface area contributed by atoms with E-state index in [2.05, 4.69) is 0 Å². The van der Waals surface area contributed by atoms with Crippen LogP contribution in [0.2, 0.25) is 0 Å². The molecule has 0 aliphatic carbocycles. The molecule has 0 saturated heterocycles. The predicted octanol–water partition coefficient (Wildman–Crippen LogP) is 3.28. The van der Waals surface area contributed by atoms with Gasteiger partial charge in [0.2, 0.25) is 13.6 Å². The van der Waals surface area contributed by atoms with Crippen LogP contribution in [0.25, 0.3) is 0 Å². The van der Waals surface area contributed by atoms with E-state index in [0.717, 1.165) is 11.3 Å². The Labute approximate surface area is 163 Å². The van der Waals surface area contributed by atoms with Gasteiger partial charge in [-0.1, -0.05) is 6.07 Å². The molecule has 1 atom stereocenters. The number of thioether (sulfide) groups is 1. The molecule has 1 aromatic rings. The fourth-order valence-corrected chi connectivity index (χ4v) is 2.85. The largest absolute Gasteiger partial charge is 0.511 e. The number of rotatable bonds is 9. The lowest BCUT2D eigenvalue weighted by atomic mass is 10.1. The van der Waals surface area contributed by atoms with Gasteiger partial charge in [-0.3, -0.25) is 0 Å². The van der Waals surface area contributed by atoms with E-state index in [-0.39, 0.29) is 19.4 Å². The molecule has 1 aliphatic rings. The normalized spacial score (nSPS) is 13.0. The number of carbonyl (C=O) groups excluding carboxylic acids is 2. The number of amides is 1. The third-order valence-electron chi connectivity index (χ3n) is 3.94. The number of carbonyl (C=O) groups is 2. The summed E-state index contributed by atoms with van der Waals surface area (Å²) in [5.41, 5.74) is 1.02. The molecule has 150 valence electrons. The van der Waals surface area contributed by atoms with Gasteiger partial charge < -0.3 is 28.6 Å². The van der Waals surface area contributed by atoms with Crippen molar-refractivity contribution < 1.29 is 33.3 Å². The molecule has 1 heterocycles. The number of ether oxygens (including phenoxy) is 5. The van der Waals surface area contributed by atoms with E-state index >= 15 is 0 Å². The smallest absolute Gasteiger partial charge is 0.454 e. The molecule has 1 aliphatic heterocycles. The van der Waals surface area contributed by atoms with Crippen LogP contribution in [0.4, 0.5) is 9.59 Å². The second-order valence-electron chi connectivity index (χ2n) is 5.79. The Morgan fingerprint density at radius 3 is 2.74 bits per heavy atom. The number of hydrogen-bond acceptors (Lipinski definition) is 8. The van der Waals surface area contributed by atoms with Crippen molar-refractivity contribution in [2.45, 2.75) is 26.3 Å². The molecular formula is C18H25NO7S. The highest BCUT2D eigenvalue weighted by molar-refractivity contribution is 7.98. The molecule has 0 N–H and O–H groups in total. The maximum atomic E-state index is 12.3. The van der Waals surface area contributed by atoms with Crippen LogP contribution in [0.15, 0.2) is 18.2 Å². The van der Waals surface area contributed by atoms with Crippen molar-refractivity contribution in [3.63, 3.8) is 0 Å². The highest BCUT2D eigenvalue weighted by Crippen LogP contribution is 2.33. The molecule has 8 nitrogen and oxygen atoms in total. The van der Waals surface area contributed by atoms with Crippen LogP contribution in [0.3, 0.4) is 0 Å². The van der Waals surface area contributed by atoms with Gasteiger partial charge in [0.1, 0.15) is 6.61 Å². The summed E-state index contributed by atoms with van der Waals surface area (Å²) in [6.07, 6.45) is 1.12. The highest BCUT2D eigenvalue weighted by Gasteiger charge is 2.22. The van der Waals surface area contributed by atoms with Crippen LogP contribution < -0.4 is 9.47 Å². The van der Waals surface area contributed by atoms with Crippen molar-refractivity contribution in [1.82, 2.24) is 4.90 Å². The first-order valence-corrected chi connectivity index (χ1v) is 10.0. The van der Waals surface area contributed by atoms with Crippen molar-refractivity contribution in [3.05, 3.63) is 23.8 Å². The average Bonchev–Trinajstić information content (AvgIpc) is 3.10. The summed E-state index contributed by atoms with van der Waals surface area (Å²) in [4.78, 5) is 25.1. The summed E-state index contributed by atoms with van der Waals surface area (Å²) in [7, 11) is 0. The van der Waals surface area contributed by atoms with E-state index in [1.165, 1.54) is 0 Å². The van der Waals surface area contributed by atoms with Crippen LogP contribution in [-0.4, -0.2) is 61.9 Å². The van der Waals surface area contributed by atoms with Crippen LogP contribution in [-0.2, 0) is 20.6 Å². The lowest BCUT2D eigenvalue weighted by Crippen LogP contribution is -2.40. The molecule has 0 spiro atoms. The van der Waals surface area contributed by atoms with Crippen LogP contribution in [0.1, 0.15) is 19.4 Å². The zero-order valence-electron chi connectivity index (χ0n) is 15.8. The molecule has 9 heteroatoms. The summed E-state index contributed by atoms with van der Waals surface area (Å²) in [5.74, 6) is 2.11. The standard InChI is InChI=1S/C18H25NO7S/c1-4-19(17(20)25-12-26-18(21)22-7-8-27-3)13(2)9-14-5-6-15-16(10-14)24-11-23-15/h5-6,10,13H,4,7-9,11-12H2,1-3H3. The molecule has 1 aromatic carbocycles. The van der Waals surface area contributed by atoms with Gasteiger partial charge in [-0.25, -0.2) is 9.59 Å². The van der Waals surface area contributed by atoms with Crippen molar-refractivity contribution in [2.24, 2.45) is 0 Å². The van der Waals surface area contributed by atoms with Crippen molar-refractivity contribution in [2.75, 3.05) is 38.7 Å². The van der Waals surface area contributed by atoms with E-state index in [4.69, 9.17) is 23.7 Å². The molecular weight excluding hydrogens is 374 g/mol. The van der Waals surface area contributed by atoms with E-state index in [1.54, 1.807) is 16.7 Å². The Kier molecular flexibility index (Phi) is 8.38. The van der Waals surface area contributed by atoms with Crippen molar-refractivity contribution in [3.8, 4) is 11.5 Å². The van der Waals surface area contributed by atoms with Crippen molar-refractivity contribution >= 4 is 24.0 Å². The Hall–Kier alpha value is -2.29. The highest BCUT2D eigenvalue weighted by atomic mass is 32.2. The van der Waals surface area contributed by atoms with E-state index in [0.29, 0.717) is 24.5 Å². The Morgan fingerprint density at radius 2 is 2.00 bits per heavy atom. The summed E-state index contributed by atoms with van der Waals surface area (Å²) in [6, 6.07) is 5.59. The minimum absolute atomic E-state index is 0.114. The zero-order chi connectivity index (χ0) is 19.6. The first-order chi connectivity index (χ1) is 13.0.